The molecule has 2 aromatic rings. The van der Waals surface area contributed by atoms with Crippen molar-refractivity contribution in [2.24, 2.45) is 7.05 Å². The maximum atomic E-state index is 5.97. The number of benzene rings is 1. The highest BCUT2D eigenvalue weighted by atomic mass is 16.5. The van der Waals surface area contributed by atoms with E-state index in [0.29, 0.717) is 5.82 Å². The molecule has 0 fully saturated rings. The maximum absolute atomic E-state index is 5.97. The van der Waals surface area contributed by atoms with Crippen LogP contribution in [0.15, 0.2) is 24.4 Å². The van der Waals surface area contributed by atoms with Crippen LogP contribution in [-0.2, 0) is 7.05 Å². The van der Waals surface area contributed by atoms with Crippen molar-refractivity contribution in [3.05, 3.63) is 30.0 Å². The van der Waals surface area contributed by atoms with Crippen molar-refractivity contribution in [2.45, 2.75) is 6.92 Å². The van der Waals surface area contributed by atoms with Gasteiger partial charge in [-0.1, -0.05) is 12.1 Å². The van der Waals surface area contributed by atoms with Gasteiger partial charge in [-0.2, -0.15) is 5.10 Å². The first-order valence-electron chi connectivity index (χ1n) is 5.06. The van der Waals surface area contributed by atoms with E-state index in [-0.39, 0.29) is 0 Å². The SMILES string of the molecule is COc1cccc(C)c1-c1cnn(C)c1N. The van der Waals surface area contributed by atoms with Crippen LogP contribution in [0.5, 0.6) is 5.75 Å². The number of aryl methyl sites for hydroxylation is 2. The van der Waals surface area contributed by atoms with Crippen molar-refractivity contribution in [3.63, 3.8) is 0 Å². The largest absolute Gasteiger partial charge is 0.496 e. The fraction of sp³-hybridized carbons (Fsp3) is 0.250. The molecule has 2 N–H and O–H groups in total. The second-order valence-electron chi connectivity index (χ2n) is 3.72. The van der Waals surface area contributed by atoms with Crippen LogP contribution in [0.3, 0.4) is 0 Å². The Hall–Kier alpha value is -1.97. The normalized spacial score (nSPS) is 10.4. The van der Waals surface area contributed by atoms with E-state index in [0.717, 1.165) is 22.4 Å². The highest BCUT2D eigenvalue weighted by Crippen LogP contribution is 2.35. The quantitative estimate of drug-likeness (QED) is 0.836. The average Bonchev–Trinajstić information content (AvgIpc) is 2.60. The van der Waals surface area contributed by atoms with Gasteiger partial charge < -0.3 is 10.5 Å². The third kappa shape index (κ3) is 1.52. The number of rotatable bonds is 2. The lowest BCUT2D eigenvalue weighted by molar-refractivity contribution is 0.416. The molecule has 84 valence electrons. The summed E-state index contributed by atoms with van der Waals surface area (Å²) in [4.78, 5) is 0. The van der Waals surface area contributed by atoms with E-state index in [1.165, 1.54) is 0 Å². The Bertz CT molecular complexity index is 517. The first kappa shape index (κ1) is 10.5. The van der Waals surface area contributed by atoms with Gasteiger partial charge in [0.2, 0.25) is 0 Å². The average molecular weight is 217 g/mol. The highest BCUT2D eigenvalue weighted by molar-refractivity contribution is 5.80. The van der Waals surface area contributed by atoms with Crippen LogP contribution in [0.25, 0.3) is 11.1 Å². The lowest BCUT2D eigenvalue weighted by Gasteiger charge is -2.10. The molecule has 0 atom stereocenters. The predicted octanol–water partition coefficient (Wildman–Crippen LogP) is 1.99. The van der Waals surface area contributed by atoms with Crippen molar-refractivity contribution >= 4 is 5.82 Å². The minimum Gasteiger partial charge on any atom is -0.496 e. The standard InChI is InChI=1S/C12H15N3O/c1-8-5-4-6-10(16-3)11(8)9-7-14-15(2)12(9)13/h4-7H,13H2,1-3H3. The lowest BCUT2D eigenvalue weighted by atomic mass is 10.0. The summed E-state index contributed by atoms with van der Waals surface area (Å²) in [5, 5.41) is 4.15. The summed E-state index contributed by atoms with van der Waals surface area (Å²) in [6.45, 7) is 2.03. The van der Waals surface area contributed by atoms with Crippen LogP contribution in [0.2, 0.25) is 0 Å². The molecule has 0 saturated heterocycles. The van der Waals surface area contributed by atoms with Crippen molar-refractivity contribution in [1.29, 1.82) is 0 Å². The Morgan fingerprint density at radius 2 is 2.12 bits per heavy atom. The molecule has 1 aromatic carbocycles. The lowest BCUT2D eigenvalue weighted by Crippen LogP contribution is -1.99. The zero-order valence-electron chi connectivity index (χ0n) is 9.69. The molecule has 0 bridgehead atoms. The minimum absolute atomic E-state index is 0.646. The molecular formula is C12H15N3O. The van der Waals surface area contributed by atoms with E-state index >= 15 is 0 Å². The van der Waals surface area contributed by atoms with E-state index in [9.17, 15) is 0 Å². The Balaban J connectivity index is 2.68. The van der Waals surface area contributed by atoms with Crippen LogP contribution >= 0.6 is 0 Å². The Labute approximate surface area is 94.6 Å². The number of hydrogen-bond acceptors (Lipinski definition) is 3. The van der Waals surface area contributed by atoms with Crippen LogP contribution in [0.4, 0.5) is 5.82 Å². The van der Waals surface area contributed by atoms with E-state index in [4.69, 9.17) is 10.5 Å². The number of anilines is 1. The number of aromatic nitrogens is 2. The third-order valence-electron chi connectivity index (χ3n) is 2.71. The first-order chi connectivity index (χ1) is 7.65. The Kier molecular flexibility index (Phi) is 2.56. The second-order valence-corrected chi connectivity index (χ2v) is 3.72. The monoisotopic (exact) mass is 217 g/mol. The molecule has 0 radical (unpaired) electrons. The van der Waals surface area contributed by atoms with Crippen LogP contribution in [-0.4, -0.2) is 16.9 Å². The first-order valence-corrected chi connectivity index (χ1v) is 5.06. The number of methoxy groups -OCH3 is 1. The fourth-order valence-electron chi connectivity index (χ4n) is 1.80. The van der Waals surface area contributed by atoms with Gasteiger partial charge in [0.05, 0.1) is 13.3 Å². The molecule has 16 heavy (non-hydrogen) atoms. The zero-order chi connectivity index (χ0) is 11.7. The van der Waals surface area contributed by atoms with Gasteiger partial charge in [-0.25, -0.2) is 0 Å². The summed E-state index contributed by atoms with van der Waals surface area (Å²) in [5.41, 5.74) is 9.02. The molecule has 1 aromatic heterocycles. The smallest absolute Gasteiger partial charge is 0.129 e. The molecule has 0 aliphatic rings. The number of nitrogen functional groups attached to an aromatic ring is 1. The second kappa shape index (κ2) is 3.89. The molecule has 1 heterocycles. The Morgan fingerprint density at radius 1 is 1.38 bits per heavy atom. The van der Waals surface area contributed by atoms with Crippen LogP contribution in [0, 0.1) is 6.92 Å². The molecule has 0 aliphatic carbocycles. The topological polar surface area (TPSA) is 53.1 Å². The van der Waals surface area contributed by atoms with Crippen molar-refractivity contribution in [1.82, 2.24) is 9.78 Å². The number of ether oxygens (including phenoxy) is 1. The summed E-state index contributed by atoms with van der Waals surface area (Å²) in [6.07, 6.45) is 1.76. The van der Waals surface area contributed by atoms with Gasteiger partial charge in [-0.3, -0.25) is 4.68 Å². The molecular weight excluding hydrogens is 202 g/mol. The van der Waals surface area contributed by atoms with Gasteiger partial charge >= 0.3 is 0 Å². The molecule has 2 rings (SSSR count). The summed E-state index contributed by atoms with van der Waals surface area (Å²) >= 11 is 0. The number of hydrogen-bond donors (Lipinski definition) is 1. The molecule has 0 unspecified atom stereocenters. The summed E-state index contributed by atoms with van der Waals surface area (Å²) in [7, 11) is 3.48. The molecule has 4 nitrogen and oxygen atoms in total. The number of nitrogens with two attached hydrogens (primary N) is 1. The van der Waals surface area contributed by atoms with Gasteiger partial charge in [0.15, 0.2) is 0 Å². The van der Waals surface area contributed by atoms with Gasteiger partial charge in [-0.05, 0) is 18.6 Å². The van der Waals surface area contributed by atoms with Crippen molar-refractivity contribution in [3.8, 4) is 16.9 Å². The van der Waals surface area contributed by atoms with E-state index in [2.05, 4.69) is 5.10 Å². The minimum atomic E-state index is 0.646. The molecule has 0 spiro atoms. The summed E-state index contributed by atoms with van der Waals surface area (Å²) in [5.74, 6) is 1.47. The van der Waals surface area contributed by atoms with E-state index < -0.39 is 0 Å². The molecule has 0 aliphatic heterocycles. The molecule has 0 saturated carbocycles. The predicted molar refractivity (Wildman–Crippen MR) is 64.3 cm³/mol. The van der Waals surface area contributed by atoms with E-state index in [1.807, 2.05) is 32.2 Å². The van der Waals surface area contributed by atoms with E-state index in [1.54, 1.807) is 18.0 Å². The fourth-order valence-corrected chi connectivity index (χ4v) is 1.80. The number of nitrogens with zero attached hydrogens (tertiary/aromatic N) is 2. The van der Waals surface area contributed by atoms with Crippen molar-refractivity contribution < 1.29 is 4.74 Å². The van der Waals surface area contributed by atoms with Crippen LogP contribution in [0.1, 0.15) is 5.56 Å². The van der Waals surface area contributed by atoms with Crippen molar-refractivity contribution in [2.75, 3.05) is 12.8 Å². The molecule has 0 amide bonds. The Morgan fingerprint density at radius 3 is 2.69 bits per heavy atom. The van der Waals surface area contributed by atoms with Gasteiger partial charge in [0, 0.05) is 18.2 Å². The summed E-state index contributed by atoms with van der Waals surface area (Å²) in [6, 6.07) is 5.92. The van der Waals surface area contributed by atoms with Gasteiger partial charge in [0.1, 0.15) is 11.6 Å². The van der Waals surface area contributed by atoms with Gasteiger partial charge in [0.25, 0.3) is 0 Å². The molecule has 4 heteroatoms. The summed E-state index contributed by atoms with van der Waals surface area (Å²) < 4.78 is 7.01. The zero-order valence-corrected chi connectivity index (χ0v) is 9.69. The third-order valence-corrected chi connectivity index (χ3v) is 2.71. The highest BCUT2D eigenvalue weighted by Gasteiger charge is 2.14. The van der Waals surface area contributed by atoms with Crippen LogP contribution < -0.4 is 10.5 Å². The van der Waals surface area contributed by atoms with Gasteiger partial charge in [-0.15, -0.1) is 0 Å². The maximum Gasteiger partial charge on any atom is 0.129 e.